The third-order valence-corrected chi connectivity index (χ3v) is 3.49. The zero-order valence-electron chi connectivity index (χ0n) is 13.3. The molecule has 0 spiro atoms. The molecule has 0 atom stereocenters. The predicted octanol–water partition coefficient (Wildman–Crippen LogP) is 0.821. The zero-order chi connectivity index (χ0) is 15.0. The fraction of sp³-hybridized carbons (Fsp3) is 0.857. The summed E-state index contributed by atoms with van der Waals surface area (Å²) in [7, 11) is 1.97. The van der Waals surface area contributed by atoms with Gasteiger partial charge in [0, 0.05) is 6.54 Å². The first kappa shape index (κ1) is 20.1. The van der Waals surface area contributed by atoms with E-state index in [0.717, 1.165) is 32.5 Å². The monoisotopic (exact) mass is 320 g/mol. The van der Waals surface area contributed by atoms with Crippen molar-refractivity contribution in [1.29, 1.82) is 0 Å². The zero-order valence-corrected chi connectivity index (χ0v) is 14.1. The van der Waals surface area contributed by atoms with E-state index in [1.807, 2.05) is 20.9 Å². The first-order chi connectivity index (χ1) is 9.51. The number of hydrogen-bond donors (Lipinski definition) is 3. The molecule has 0 aromatic carbocycles. The normalized spacial score (nSPS) is 16.4. The van der Waals surface area contributed by atoms with Gasteiger partial charge in [-0.15, -0.1) is 12.4 Å². The highest BCUT2D eigenvalue weighted by Crippen LogP contribution is 2.15. The van der Waals surface area contributed by atoms with E-state index in [0.29, 0.717) is 24.9 Å². The molecule has 0 aromatic heterocycles. The highest BCUT2D eigenvalue weighted by molar-refractivity contribution is 5.95. The molecule has 124 valence electrons. The number of likely N-dealkylation sites (tertiary alicyclic amines) is 1. The first-order valence-electron chi connectivity index (χ1n) is 7.46. The third kappa shape index (κ3) is 8.90. The van der Waals surface area contributed by atoms with Crippen molar-refractivity contribution in [1.82, 2.24) is 20.9 Å². The first-order valence-corrected chi connectivity index (χ1v) is 7.46. The second-order valence-corrected chi connectivity index (χ2v) is 5.93. The Balaban J connectivity index is 0.00000400. The molecule has 0 saturated carbocycles. The molecule has 21 heavy (non-hydrogen) atoms. The number of hydrogen-bond acceptors (Lipinski definition) is 4. The molecule has 0 aliphatic carbocycles. The Kier molecular flexibility index (Phi) is 10.4. The second-order valence-electron chi connectivity index (χ2n) is 5.93. The number of piperidine rings is 1. The second kappa shape index (κ2) is 10.8. The molecule has 1 rings (SSSR count). The van der Waals surface area contributed by atoms with Crippen molar-refractivity contribution in [2.24, 2.45) is 11.8 Å². The molecule has 0 radical (unpaired) electrons. The van der Waals surface area contributed by atoms with E-state index in [1.54, 1.807) is 0 Å². The molecule has 6 nitrogen and oxygen atoms in total. The summed E-state index contributed by atoms with van der Waals surface area (Å²) in [5, 5.41) is 8.24. The molecule has 0 aromatic rings. The molecule has 1 saturated heterocycles. The van der Waals surface area contributed by atoms with Gasteiger partial charge < -0.3 is 10.6 Å². The van der Waals surface area contributed by atoms with Crippen LogP contribution in [0.1, 0.15) is 26.7 Å². The third-order valence-electron chi connectivity index (χ3n) is 3.49. The number of imide groups is 1. The molecule has 0 unspecified atom stereocenters. The van der Waals surface area contributed by atoms with Crippen LogP contribution in [0.3, 0.4) is 0 Å². The van der Waals surface area contributed by atoms with Gasteiger partial charge in [-0.25, -0.2) is 4.79 Å². The van der Waals surface area contributed by atoms with Crippen LogP contribution in [0.2, 0.25) is 0 Å². The fourth-order valence-electron chi connectivity index (χ4n) is 2.35. The van der Waals surface area contributed by atoms with E-state index < -0.39 is 6.03 Å². The molecule has 1 aliphatic rings. The predicted molar refractivity (Wildman–Crippen MR) is 86.7 cm³/mol. The van der Waals surface area contributed by atoms with Crippen LogP contribution in [-0.2, 0) is 4.79 Å². The van der Waals surface area contributed by atoms with Crippen LogP contribution in [0, 0.1) is 11.8 Å². The van der Waals surface area contributed by atoms with Gasteiger partial charge in [0.25, 0.3) is 0 Å². The van der Waals surface area contributed by atoms with Crippen molar-refractivity contribution in [2.45, 2.75) is 26.7 Å². The number of rotatable bonds is 6. The molecule has 0 bridgehead atoms. The lowest BCUT2D eigenvalue weighted by molar-refractivity contribution is -0.121. The summed E-state index contributed by atoms with van der Waals surface area (Å²) in [4.78, 5) is 25.3. The van der Waals surface area contributed by atoms with Gasteiger partial charge in [-0.3, -0.25) is 15.0 Å². The summed E-state index contributed by atoms with van der Waals surface area (Å²) in [5.41, 5.74) is 0. The van der Waals surface area contributed by atoms with Gasteiger partial charge in [0.05, 0.1) is 6.54 Å². The molecule has 3 N–H and O–H groups in total. The summed E-state index contributed by atoms with van der Waals surface area (Å²) in [6.07, 6.45) is 2.21. The highest BCUT2D eigenvalue weighted by Gasteiger charge is 2.20. The van der Waals surface area contributed by atoms with Crippen molar-refractivity contribution < 1.29 is 9.59 Å². The number of amides is 3. The summed E-state index contributed by atoms with van der Waals surface area (Å²) < 4.78 is 0. The van der Waals surface area contributed by atoms with Gasteiger partial charge in [0.1, 0.15) is 0 Å². The number of halogens is 1. The molecule has 1 aliphatic heterocycles. The summed E-state index contributed by atoms with van der Waals surface area (Å²) in [6, 6.07) is -0.395. The maximum atomic E-state index is 11.7. The Morgan fingerprint density at radius 1 is 1.24 bits per heavy atom. The van der Waals surface area contributed by atoms with Crippen molar-refractivity contribution >= 4 is 24.3 Å². The quantitative estimate of drug-likeness (QED) is 0.677. The average Bonchev–Trinajstić information content (AvgIpc) is 2.39. The molecule has 1 heterocycles. The standard InChI is InChI=1S/C14H28N4O2.ClH/c1-11(2)8-16-14(20)17-13(19)10-18-6-4-12(5-7-18)9-15-3;/h11-12,15H,4-10H2,1-3H3,(H2,16,17,19,20);1H. The van der Waals surface area contributed by atoms with Crippen LogP contribution in [0.5, 0.6) is 0 Å². The Morgan fingerprint density at radius 2 is 1.86 bits per heavy atom. The minimum absolute atomic E-state index is 0. The fourth-order valence-corrected chi connectivity index (χ4v) is 2.35. The van der Waals surface area contributed by atoms with Gasteiger partial charge in [0.15, 0.2) is 0 Å². The van der Waals surface area contributed by atoms with E-state index in [4.69, 9.17) is 0 Å². The van der Waals surface area contributed by atoms with Gasteiger partial charge in [0.2, 0.25) is 5.91 Å². The van der Waals surface area contributed by atoms with Crippen molar-refractivity contribution in [2.75, 3.05) is 39.8 Å². The maximum absolute atomic E-state index is 11.7. The van der Waals surface area contributed by atoms with Gasteiger partial charge in [-0.1, -0.05) is 13.8 Å². The molecule has 1 fully saturated rings. The minimum atomic E-state index is -0.395. The molecule has 7 heteroatoms. The lowest BCUT2D eigenvalue weighted by Gasteiger charge is -2.31. The van der Waals surface area contributed by atoms with Crippen LogP contribution in [0.15, 0.2) is 0 Å². The Morgan fingerprint density at radius 3 is 2.38 bits per heavy atom. The van der Waals surface area contributed by atoms with Crippen molar-refractivity contribution in [3.63, 3.8) is 0 Å². The van der Waals surface area contributed by atoms with Gasteiger partial charge in [-0.05, 0) is 51.4 Å². The number of carbonyl (C=O) groups excluding carboxylic acids is 2. The molecular formula is C14H29ClN4O2. The summed E-state index contributed by atoms with van der Waals surface area (Å²) >= 11 is 0. The van der Waals surface area contributed by atoms with E-state index in [2.05, 4.69) is 20.9 Å². The minimum Gasteiger partial charge on any atom is -0.338 e. The summed E-state index contributed by atoms with van der Waals surface area (Å²) in [6.45, 7) is 7.79. The summed E-state index contributed by atoms with van der Waals surface area (Å²) in [5.74, 6) is 0.856. The van der Waals surface area contributed by atoms with E-state index in [9.17, 15) is 9.59 Å². The lowest BCUT2D eigenvalue weighted by atomic mass is 9.97. The van der Waals surface area contributed by atoms with E-state index >= 15 is 0 Å². The number of carbonyl (C=O) groups is 2. The molecule has 3 amide bonds. The Bertz CT molecular complexity index is 318. The van der Waals surface area contributed by atoms with Gasteiger partial charge in [-0.2, -0.15) is 0 Å². The number of nitrogens with one attached hydrogen (secondary N) is 3. The average molecular weight is 321 g/mol. The van der Waals surface area contributed by atoms with E-state index in [1.165, 1.54) is 0 Å². The van der Waals surface area contributed by atoms with Crippen LogP contribution >= 0.6 is 12.4 Å². The van der Waals surface area contributed by atoms with Crippen LogP contribution in [0.4, 0.5) is 4.79 Å². The van der Waals surface area contributed by atoms with Crippen LogP contribution in [-0.4, -0.2) is 56.6 Å². The van der Waals surface area contributed by atoms with E-state index in [-0.39, 0.29) is 18.3 Å². The van der Waals surface area contributed by atoms with Crippen LogP contribution < -0.4 is 16.0 Å². The van der Waals surface area contributed by atoms with Gasteiger partial charge >= 0.3 is 6.03 Å². The Hall–Kier alpha value is -0.850. The van der Waals surface area contributed by atoms with Crippen molar-refractivity contribution in [3.05, 3.63) is 0 Å². The largest absolute Gasteiger partial charge is 0.338 e. The van der Waals surface area contributed by atoms with Crippen molar-refractivity contribution in [3.8, 4) is 0 Å². The highest BCUT2D eigenvalue weighted by atomic mass is 35.5. The topological polar surface area (TPSA) is 73.5 Å². The Labute approximate surface area is 133 Å². The molecular weight excluding hydrogens is 292 g/mol. The maximum Gasteiger partial charge on any atom is 0.321 e. The van der Waals surface area contributed by atoms with Crippen LogP contribution in [0.25, 0.3) is 0 Å². The number of urea groups is 1. The SMILES string of the molecule is CNCC1CCN(CC(=O)NC(=O)NCC(C)C)CC1.Cl. The smallest absolute Gasteiger partial charge is 0.321 e. The number of nitrogens with zero attached hydrogens (tertiary/aromatic N) is 1. The lowest BCUT2D eigenvalue weighted by Crippen LogP contribution is -2.47.